The lowest BCUT2D eigenvalue weighted by atomic mass is 10.1. The van der Waals surface area contributed by atoms with Gasteiger partial charge in [0.25, 0.3) is 5.91 Å². The molecule has 0 unspecified atom stereocenters. The highest BCUT2D eigenvalue weighted by Crippen LogP contribution is 2.23. The van der Waals surface area contributed by atoms with E-state index in [1.807, 2.05) is 60.2 Å². The first kappa shape index (κ1) is 17.4. The lowest BCUT2D eigenvalue weighted by Crippen LogP contribution is -2.33. The summed E-state index contributed by atoms with van der Waals surface area (Å²) >= 11 is 1.54. The lowest BCUT2D eigenvalue weighted by Gasteiger charge is -2.22. The van der Waals surface area contributed by atoms with Crippen LogP contribution in [-0.4, -0.2) is 38.6 Å². The monoisotopic (exact) mass is 355 g/mol. The van der Waals surface area contributed by atoms with E-state index in [-0.39, 0.29) is 12.5 Å². The third kappa shape index (κ3) is 3.65. The number of rotatable bonds is 6. The molecule has 0 saturated carbocycles. The van der Waals surface area contributed by atoms with Crippen molar-refractivity contribution in [1.82, 2.24) is 14.5 Å². The number of carbonyl (C=O) groups is 1. The summed E-state index contributed by atoms with van der Waals surface area (Å²) in [6.45, 7) is 4.61. The Kier molecular flexibility index (Phi) is 5.31. The number of thiazole rings is 1. The minimum Gasteiger partial charge on any atom is -0.395 e. The molecule has 3 rings (SSSR count). The second-order valence-corrected chi connectivity index (χ2v) is 6.74. The fourth-order valence-electron chi connectivity index (χ4n) is 2.95. The number of hydrogen-bond donors (Lipinski definition) is 1. The topological polar surface area (TPSA) is 58.4 Å². The van der Waals surface area contributed by atoms with Crippen LogP contribution in [0.1, 0.15) is 27.3 Å². The van der Waals surface area contributed by atoms with Gasteiger partial charge in [0, 0.05) is 36.1 Å². The Hall–Kier alpha value is -2.44. The van der Waals surface area contributed by atoms with Crippen molar-refractivity contribution < 1.29 is 9.90 Å². The molecular weight excluding hydrogens is 334 g/mol. The van der Waals surface area contributed by atoms with Crippen molar-refractivity contribution >= 4 is 17.2 Å². The van der Waals surface area contributed by atoms with E-state index in [0.29, 0.717) is 18.7 Å². The number of benzene rings is 1. The van der Waals surface area contributed by atoms with Gasteiger partial charge in [0.1, 0.15) is 0 Å². The predicted molar refractivity (Wildman–Crippen MR) is 99.2 cm³/mol. The van der Waals surface area contributed by atoms with Crippen molar-refractivity contribution in [3.8, 4) is 5.13 Å². The molecule has 0 spiro atoms. The highest BCUT2D eigenvalue weighted by atomic mass is 32.1. The Balaban J connectivity index is 1.91. The number of hydrogen-bond acceptors (Lipinski definition) is 4. The van der Waals surface area contributed by atoms with Crippen molar-refractivity contribution in [3.05, 3.63) is 70.5 Å². The summed E-state index contributed by atoms with van der Waals surface area (Å²) in [5, 5.41) is 12.2. The molecule has 2 heterocycles. The molecule has 5 nitrogen and oxygen atoms in total. The summed E-state index contributed by atoms with van der Waals surface area (Å²) in [7, 11) is 0. The molecule has 0 aliphatic carbocycles. The van der Waals surface area contributed by atoms with Gasteiger partial charge in [-0.1, -0.05) is 30.3 Å². The number of nitrogens with zero attached hydrogens (tertiary/aromatic N) is 3. The zero-order valence-corrected chi connectivity index (χ0v) is 15.2. The summed E-state index contributed by atoms with van der Waals surface area (Å²) in [5.74, 6) is -0.0752. The van der Waals surface area contributed by atoms with Gasteiger partial charge in [0.05, 0.1) is 12.2 Å². The Morgan fingerprint density at radius 3 is 2.68 bits per heavy atom. The second-order valence-electron chi connectivity index (χ2n) is 5.87. The number of aromatic nitrogens is 2. The van der Waals surface area contributed by atoms with Crippen LogP contribution >= 0.6 is 11.3 Å². The van der Waals surface area contributed by atoms with Crippen LogP contribution in [-0.2, 0) is 6.54 Å². The van der Waals surface area contributed by atoms with E-state index in [2.05, 4.69) is 4.98 Å². The molecule has 3 aromatic rings. The number of amides is 1. The zero-order valence-electron chi connectivity index (χ0n) is 14.3. The largest absolute Gasteiger partial charge is 0.395 e. The van der Waals surface area contributed by atoms with Crippen LogP contribution in [0.3, 0.4) is 0 Å². The summed E-state index contributed by atoms with van der Waals surface area (Å²) < 4.78 is 2.00. The van der Waals surface area contributed by atoms with Crippen LogP contribution < -0.4 is 0 Å². The maximum Gasteiger partial charge on any atom is 0.256 e. The third-order valence-electron chi connectivity index (χ3n) is 4.15. The normalized spacial score (nSPS) is 10.8. The van der Waals surface area contributed by atoms with Crippen molar-refractivity contribution in [3.63, 3.8) is 0 Å². The zero-order chi connectivity index (χ0) is 17.8. The van der Waals surface area contributed by atoms with Crippen molar-refractivity contribution in [1.29, 1.82) is 0 Å². The highest BCUT2D eigenvalue weighted by Gasteiger charge is 2.22. The molecule has 0 atom stereocenters. The van der Waals surface area contributed by atoms with Gasteiger partial charge in [-0.3, -0.25) is 9.36 Å². The maximum atomic E-state index is 13.1. The number of aliphatic hydroxyl groups is 1. The minimum atomic E-state index is -0.0752. The van der Waals surface area contributed by atoms with E-state index in [1.165, 1.54) is 11.3 Å². The maximum absolute atomic E-state index is 13.1. The molecule has 0 radical (unpaired) electrons. The first-order chi connectivity index (χ1) is 12.1. The first-order valence-electron chi connectivity index (χ1n) is 8.14. The van der Waals surface area contributed by atoms with Crippen molar-refractivity contribution in [2.24, 2.45) is 0 Å². The second kappa shape index (κ2) is 7.63. The average molecular weight is 355 g/mol. The Labute approximate surface area is 151 Å². The van der Waals surface area contributed by atoms with Crippen LogP contribution in [0.5, 0.6) is 0 Å². The van der Waals surface area contributed by atoms with E-state index in [0.717, 1.165) is 22.1 Å². The molecule has 0 aliphatic heterocycles. The molecule has 0 saturated heterocycles. The first-order valence-corrected chi connectivity index (χ1v) is 9.02. The molecule has 0 aliphatic rings. The Morgan fingerprint density at radius 2 is 2.04 bits per heavy atom. The molecular formula is C19H21N3O2S. The van der Waals surface area contributed by atoms with Gasteiger partial charge in [-0.05, 0) is 25.5 Å². The predicted octanol–water partition coefficient (Wildman–Crippen LogP) is 3.19. The number of carbonyl (C=O) groups excluding carboxylic acids is 1. The SMILES string of the molecule is Cc1cc(C(=O)N(CCO)Cc2ccccc2)c(C)n1-c1nccs1. The summed E-state index contributed by atoms with van der Waals surface area (Å²) in [4.78, 5) is 19.1. The molecule has 1 N–H and O–H groups in total. The fraction of sp³-hybridized carbons (Fsp3) is 0.263. The van der Waals surface area contributed by atoms with Crippen molar-refractivity contribution in [2.45, 2.75) is 20.4 Å². The van der Waals surface area contributed by atoms with Gasteiger partial charge in [-0.15, -0.1) is 11.3 Å². The van der Waals surface area contributed by atoms with Crippen molar-refractivity contribution in [2.75, 3.05) is 13.2 Å². The smallest absolute Gasteiger partial charge is 0.256 e. The van der Waals surface area contributed by atoms with Gasteiger partial charge < -0.3 is 10.0 Å². The molecule has 0 bridgehead atoms. The average Bonchev–Trinajstić information content (AvgIpc) is 3.22. The van der Waals surface area contributed by atoms with Gasteiger partial charge >= 0.3 is 0 Å². The van der Waals surface area contributed by atoms with Gasteiger partial charge in [-0.25, -0.2) is 4.98 Å². The molecule has 1 aromatic carbocycles. The molecule has 25 heavy (non-hydrogen) atoms. The Morgan fingerprint density at radius 1 is 1.28 bits per heavy atom. The summed E-state index contributed by atoms with van der Waals surface area (Å²) in [6, 6.07) is 11.7. The van der Waals surface area contributed by atoms with E-state index in [4.69, 9.17) is 0 Å². The third-order valence-corrected chi connectivity index (χ3v) is 4.90. The van der Waals surface area contributed by atoms with Crippen LogP contribution in [0.2, 0.25) is 0 Å². The van der Waals surface area contributed by atoms with Crippen LogP contribution in [0, 0.1) is 13.8 Å². The van der Waals surface area contributed by atoms with E-state index < -0.39 is 0 Å². The van der Waals surface area contributed by atoms with Crippen LogP contribution in [0.15, 0.2) is 48.0 Å². The fourth-order valence-corrected chi connectivity index (χ4v) is 3.70. The number of aliphatic hydroxyl groups excluding tert-OH is 1. The molecule has 2 aromatic heterocycles. The van der Waals surface area contributed by atoms with Crippen LogP contribution in [0.4, 0.5) is 0 Å². The molecule has 130 valence electrons. The highest BCUT2D eigenvalue weighted by molar-refractivity contribution is 7.12. The number of aryl methyl sites for hydroxylation is 1. The van der Waals surface area contributed by atoms with Crippen LogP contribution in [0.25, 0.3) is 5.13 Å². The van der Waals surface area contributed by atoms with Gasteiger partial charge in [0.2, 0.25) is 0 Å². The van der Waals surface area contributed by atoms with E-state index >= 15 is 0 Å². The molecule has 0 fully saturated rings. The lowest BCUT2D eigenvalue weighted by molar-refractivity contribution is 0.0707. The standard InChI is InChI=1S/C19H21N3O2S/c1-14-12-17(15(2)22(14)19-20-8-11-25-19)18(24)21(9-10-23)13-16-6-4-3-5-7-16/h3-8,11-12,23H,9-10,13H2,1-2H3. The summed E-state index contributed by atoms with van der Waals surface area (Å²) in [6.07, 6.45) is 1.76. The quantitative estimate of drug-likeness (QED) is 0.739. The Bertz CT molecular complexity index is 841. The van der Waals surface area contributed by atoms with Gasteiger partial charge in [0.15, 0.2) is 5.13 Å². The molecule has 6 heteroatoms. The van der Waals surface area contributed by atoms with E-state index in [9.17, 15) is 9.90 Å². The van der Waals surface area contributed by atoms with Gasteiger partial charge in [-0.2, -0.15) is 0 Å². The van der Waals surface area contributed by atoms with E-state index in [1.54, 1.807) is 11.1 Å². The minimum absolute atomic E-state index is 0.0657. The summed E-state index contributed by atoms with van der Waals surface area (Å²) in [5.41, 5.74) is 3.53. The molecule has 1 amide bonds.